The minimum absolute atomic E-state index is 0.0149. The molecule has 0 heterocycles. The van der Waals surface area contributed by atoms with E-state index in [9.17, 15) is 23.7 Å². The zero-order valence-electron chi connectivity index (χ0n) is 21.6. The van der Waals surface area contributed by atoms with E-state index in [-0.39, 0.29) is 17.6 Å². The molecule has 1 saturated carbocycles. The molecule has 0 bridgehead atoms. The van der Waals surface area contributed by atoms with Gasteiger partial charge < -0.3 is 25.4 Å². The predicted octanol–water partition coefficient (Wildman–Crippen LogP) is 4.18. The molecule has 8 heteroatoms. The maximum Gasteiger partial charge on any atom is 0.181 e. The molecule has 1 aliphatic carbocycles. The average molecular weight is 540 g/mol. The molecule has 4 rings (SSSR count). The lowest BCUT2D eigenvalue weighted by atomic mass is 10.0. The fourth-order valence-electron chi connectivity index (χ4n) is 4.89. The van der Waals surface area contributed by atoms with Crippen LogP contribution in [0.4, 0.5) is 0 Å². The van der Waals surface area contributed by atoms with Crippen LogP contribution in [0.15, 0.2) is 71.6 Å². The summed E-state index contributed by atoms with van der Waals surface area (Å²) in [5.41, 5.74) is 4.06. The summed E-state index contributed by atoms with van der Waals surface area (Å²) in [5, 5.41) is 32.4. The number of aliphatic hydroxyl groups excluding tert-OH is 2. The lowest BCUT2D eigenvalue weighted by Crippen LogP contribution is -2.23. The van der Waals surface area contributed by atoms with Crippen LogP contribution < -0.4 is 5.32 Å². The smallest absolute Gasteiger partial charge is 0.181 e. The second-order valence-electron chi connectivity index (χ2n) is 9.93. The van der Waals surface area contributed by atoms with Crippen LogP contribution >= 0.6 is 0 Å². The molecule has 3 aromatic carbocycles. The van der Waals surface area contributed by atoms with Crippen molar-refractivity contribution in [3.8, 4) is 5.75 Å². The molecule has 4 N–H and O–H groups in total. The Hall–Kier alpha value is -2.75. The van der Waals surface area contributed by atoms with Crippen molar-refractivity contribution in [3.63, 3.8) is 0 Å². The maximum atomic E-state index is 12.9. The number of aromatic hydroxyl groups is 1. The van der Waals surface area contributed by atoms with E-state index in [1.165, 1.54) is 6.07 Å². The lowest BCUT2D eigenvalue weighted by Gasteiger charge is -2.14. The lowest BCUT2D eigenvalue weighted by molar-refractivity contribution is 0.107. The van der Waals surface area contributed by atoms with Crippen molar-refractivity contribution in [3.05, 3.63) is 94.5 Å². The van der Waals surface area contributed by atoms with Gasteiger partial charge in [-0.1, -0.05) is 55.3 Å². The summed E-state index contributed by atoms with van der Waals surface area (Å²) in [6.07, 6.45) is 3.50. The van der Waals surface area contributed by atoms with Gasteiger partial charge >= 0.3 is 0 Å². The van der Waals surface area contributed by atoms with Crippen molar-refractivity contribution < 1.29 is 28.5 Å². The first-order valence-electron chi connectivity index (χ1n) is 13.2. The number of benzene rings is 3. The number of nitrogens with one attached hydrogen (secondary N) is 1. The topological polar surface area (TPSA) is 116 Å². The monoisotopic (exact) mass is 539 g/mol. The van der Waals surface area contributed by atoms with Crippen molar-refractivity contribution in [2.24, 2.45) is 0 Å². The highest BCUT2D eigenvalue weighted by atomic mass is 32.2. The van der Waals surface area contributed by atoms with Gasteiger partial charge in [-0.15, -0.1) is 0 Å². The van der Waals surface area contributed by atoms with Gasteiger partial charge in [0.05, 0.1) is 36.1 Å². The standard InChI is InChI=1S/C30H37NO6S/c32-19-26-17-25(11-12-29(26)33)30(34)18-31-14-13-22-5-3-6-23(15-22)20-37-21-24-7-4-10-28(16-24)38(35,36)27-8-1-2-9-27/h3-7,10-12,15-17,27,30-34H,1-2,8-9,13-14,18-21H2. The molecule has 1 atom stereocenters. The largest absolute Gasteiger partial charge is 0.508 e. The van der Waals surface area contributed by atoms with E-state index in [4.69, 9.17) is 4.74 Å². The van der Waals surface area contributed by atoms with Crippen LogP contribution in [-0.4, -0.2) is 42.1 Å². The molecule has 0 saturated heterocycles. The minimum Gasteiger partial charge on any atom is -0.508 e. The highest BCUT2D eigenvalue weighted by Crippen LogP contribution is 2.30. The molecule has 0 amide bonds. The first-order valence-corrected chi connectivity index (χ1v) is 14.7. The van der Waals surface area contributed by atoms with Gasteiger partial charge in [0, 0.05) is 12.1 Å². The molecule has 38 heavy (non-hydrogen) atoms. The van der Waals surface area contributed by atoms with Crippen LogP contribution in [-0.2, 0) is 40.8 Å². The number of aliphatic hydroxyl groups is 2. The van der Waals surface area contributed by atoms with Crippen molar-refractivity contribution in [2.75, 3.05) is 13.1 Å². The van der Waals surface area contributed by atoms with Crippen molar-refractivity contribution in [2.45, 2.75) is 68.2 Å². The normalized spacial score (nSPS) is 15.1. The number of rotatable bonds is 13. The SMILES string of the molecule is O=S(=O)(c1cccc(COCc2cccc(CCNCC(O)c3ccc(O)c(CO)c3)c2)c1)C1CCCC1. The van der Waals surface area contributed by atoms with Crippen molar-refractivity contribution >= 4 is 9.84 Å². The first-order chi connectivity index (χ1) is 18.4. The zero-order chi connectivity index (χ0) is 27.0. The number of hydrogen-bond acceptors (Lipinski definition) is 7. The Morgan fingerprint density at radius 3 is 2.34 bits per heavy atom. The maximum absolute atomic E-state index is 12.9. The summed E-state index contributed by atoms with van der Waals surface area (Å²) >= 11 is 0. The molecule has 0 aliphatic heterocycles. The average Bonchev–Trinajstić information content (AvgIpc) is 3.48. The van der Waals surface area contributed by atoms with E-state index >= 15 is 0 Å². The third kappa shape index (κ3) is 7.42. The third-order valence-electron chi connectivity index (χ3n) is 7.08. The van der Waals surface area contributed by atoms with Crippen LogP contribution in [0.2, 0.25) is 0 Å². The Bertz CT molecular complexity index is 1300. The Labute approximate surface area is 225 Å². The van der Waals surface area contributed by atoms with E-state index in [1.54, 1.807) is 30.3 Å². The minimum atomic E-state index is -3.28. The Morgan fingerprint density at radius 2 is 1.61 bits per heavy atom. The molecular weight excluding hydrogens is 502 g/mol. The molecule has 7 nitrogen and oxygen atoms in total. The van der Waals surface area contributed by atoms with Crippen LogP contribution in [0.5, 0.6) is 5.75 Å². The van der Waals surface area contributed by atoms with Gasteiger partial charge in [-0.3, -0.25) is 0 Å². The molecule has 1 unspecified atom stereocenters. The van der Waals surface area contributed by atoms with Gasteiger partial charge in [0.1, 0.15) is 5.75 Å². The summed E-state index contributed by atoms with van der Waals surface area (Å²) in [6.45, 7) is 1.51. The van der Waals surface area contributed by atoms with Gasteiger partial charge in [0.2, 0.25) is 0 Å². The van der Waals surface area contributed by atoms with Gasteiger partial charge in [0.15, 0.2) is 9.84 Å². The fraction of sp³-hybridized carbons (Fsp3) is 0.400. The van der Waals surface area contributed by atoms with Crippen LogP contribution in [0.3, 0.4) is 0 Å². The summed E-state index contributed by atoms with van der Waals surface area (Å²) in [6, 6.07) is 20.0. The van der Waals surface area contributed by atoms with Crippen LogP contribution in [0.1, 0.15) is 59.6 Å². The zero-order valence-corrected chi connectivity index (χ0v) is 22.4. The van der Waals surface area contributed by atoms with E-state index in [0.717, 1.165) is 48.8 Å². The van der Waals surface area contributed by atoms with Gasteiger partial charge in [-0.2, -0.15) is 0 Å². The predicted molar refractivity (Wildman–Crippen MR) is 146 cm³/mol. The molecule has 3 aromatic rings. The van der Waals surface area contributed by atoms with Crippen LogP contribution in [0, 0.1) is 0 Å². The highest BCUT2D eigenvalue weighted by Gasteiger charge is 2.30. The molecule has 0 spiro atoms. The number of hydrogen-bond donors (Lipinski definition) is 4. The quantitative estimate of drug-likeness (QED) is 0.241. The Morgan fingerprint density at radius 1 is 0.921 bits per heavy atom. The summed E-state index contributed by atoms with van der Waals surface area (Å²) in [4.78, 5) is 0.393. The van der Waals surface area contributed by atoms with E-state index in [1.807, 2.05) is 24.3 Å². The van der Waals surface area contributed by atoms with E-state index < -0.39 is 15.9 Å². The van der Waals surface area contributed by atoms with E-state index in [2.05, 4.69) is 11.4 Å². The molecule has 0 radical (unpaired) electrons. The van der Waals surface area contributed by atoms with Gasteiger partial charge in [-0.25, -0.2) is 8.42 Å². The van der Waals surface area contributed by atoms with Gasteiger partial charge in [-0.05, 0) is 72.3 Å². The van der Waals surface area contributed by atoms with Crippen molar-refractivity contribution in [1.82, 2.24) is 5.32 Å². The number of phenols is 1. The molecule has 204 valence electrons. The first kappa shape index (κ1) is 28.3. The summed E-state index contributed by atoms with van der Waals surface area (Å²) in [5.74, 6) is 0.0149. The number of ether oxygens (including phenoxy) is 1. The summed E-state index contributed by atoms with van der Waals surface area (Å²) < 4.78 is 31.7. The van der Waals surface area contributed by atoms with E-state index in [0.29, 0.717) is 42.3 Å². The second kappa shape index (κ2) is 13.4. The Balaban J connectivity index is 1.23. The van der Waals surface area contributed by atoms with Crippen LogP contribution in [0.25, 0.3) is 0 Å². The molecular formula is C30H37NO6S. The second-order valence-corrected chi connectivity index (χ2v) is 12.2. The van der Waals surface area contributed by atoms with Crippen molar-refractivity contribution in [1.29, 1.82) is 0 Å². The fourth-order valence-corrected chi connectivity index (χ4v) is 6.82. The molecule has 0 aromatic heterocycles. The number of sulfone groups is 1. The highest BCUT2D eigenvalue weighted by molar-refractivity contribution is 7.92. The molecule has 1 fully saturated rings. The summed E-state index contributed by atoms with van der Waals surface area (Å²) in [7, 11) is -3.28. The third-order valence-corrected chi connectivity index (χ3v) is 9.34. The molecule has 1 aliphatic rings. The van der Waals surface area contributed by atoms with Gasteiger partial charge in [0.25, 0.3) is 0 Å². The Kier molecular flexibility index (Phi) is 9.93.